The highest BCUT2D eigenvalue weighted by atomic mass is 35.5. The molecular weight excluding hydrogens is 515 g/mol. The summed E-state index contributed by atoms with van der Waals surface area (Å²) in [6.07, 6.45) is 4.94. The number of carbonyl (C=O) groups is 2. The smallest absolute Gasteiger partial charge is 0.341 e. The van der Waals surface area contributed by atoms with E-state index >= 15 is 0 Å². The summed E-state index contributed by atoms with van der Waals surface area (Å²) in [5.74, 6) is -1.09. The highest BCUT2D eigenvalue weighted by Gasteiger charge is 2.28. The predicted molar refractivity (Wildman–Crippen MR) is 141 cm³/mol. The first-order chi connectivity index (χ1) is 17.9. The van der Waals surface area contributed by atoms with Crippen LogP contribution in [0.3, 0.4) is 0 Å². The van der Waals surface area contributed by atoms with Gasteiger partial charge in [0.05, 0.1) is 12.2 Å². The number of benzene rings is 2. The van der Waals surface area contributed by atoms with Gasteiger partial charge in [0.25, 0.3) is 5.91 Å². The van der Waals surface area contributed by atoms with Crippen LogP contribution in [0.4, 0.5) is 9.39 Å². The van der Waals surface area contributed by atoms with E-state index in [0.29, 0.717) is 26.9 Å². The molecule has 0 spiro atoms. The Balaban J connectivity index is 1.60. The number of aryl methyl sites for hydroxylation is 1. The van der Waals surface area contributed by atoms with Crippen LogP contribution in [0.25, 0.3) is 6.08 Å². The van der Waals surface area contributed by atoms with Gasteiger partial charge in [-0.25, -0.2) is 9.18 Å². The number of nitrogens with zero attached hydrogens (tertiary/aromatic N) is 1. The maximum atomic E-state index is 13.2. The van der Waals surface area contributed by atoms with Crippen LogP contribution in [0.5, 0.6) is 5.75 Å². The van der Waals surface area contributed by atoms with Gasteiger partial charge in [0.1, 0.15) is 34.8 Å². The minimum atomic E-state index is -0.656. The third-order valence-electron chi connectivity index (χ3n) is 5.82. The molecule has 6 nitrogen and oxygen atoms in total. The molecule has 1 N–H and O–H groups in total. The van der Waals surface area contributed by atoms with Crippen molar-refractivity contribution < 1.29 is 23.5 Å². The molecule has 190 valence electrons. The van der Waals surface area contributed by atoms with Gasteiger partial charge in [-0.3, -0.25) is 4.79 Å². The van der Waals surface area contributed by atoms with Gasteiger partial charge in [0.15, 0.2) is 0 Å². The summed E-state index contributed by atoms with van der Waals surface area (Å²) in [5.41, 5.74) is 2.28. The number of esters is 1. The Labute approximate surface area is 223 Å². The first kappa shape index (κ1) is 26.4. The van der Waals surface area contributed by atoms with E-state index in [0.717, 1.165) is 41.7 Å². The minimum Gasteiger partial charge on any atom is -0.488 e. The van der Waals surface area contributed by atoms with Crippen LogP contribution in [0.2, 0.25) is 5.02 Å². The second kappa shape index (κ2) is 12.0. The average molecular weight is 539 g/mol. The number of hydrogen-bond donors (Lipinski definition) is 1. The van der Waals surface area contributed by atoms with Crippen molar-refractivity contribution in [2.45, 2.75) is 39.2 Å². The van der Waals surface area contributed by atoms with Gasteiger partial charge in [0.2, 0.25) is 0 Å². The van der Waals surface area contributed by atoms with Crippen molar-refractivity contribution in [2.75, 3.05) is 11.9 Å². The molecule has 9 heteroatoms. The van der Waals surface area contributed by atoms with Crippen molar-refractivity contribution >= 4 is 45.9 Å². The standard InChI is InChI=1S/C28H24ClFN2O4S/c1-2-35-28(34)25-22-5-3-4-6-24(22)37-27(25)32-26(33)19(15-31)13-18-14-20(29)9-12-23(18)36-16-17-7-10-21(30)11-8-17/h7-14H,2-6,16H2,1H3,(H,32,33). The Kier molecular flexibility index (Phi) is 8.59. The molecule has 2 aromatic carbocycles. The van der Waals surface area contributed by atoms with E-state index in [1.807, 2.05) is 6.07 Å². The summed E-state index contributed by atoms with van der Waals surface area (Å²) in [6.45, 7) is 2.10. The van der Waals surface area contributed by atoms with Crippen molar-refractivity contribution in [1.29, 1.82) is 5.26 Å². The summed E-state index contributed by atoms with van der Waals surface area (Å²) >= 11 is 7.52. The highest BCUT2D eigenvalue weighted by Crippen LogP contribution is 2.39. The summed E-state index contributed by atoms with van der Waals surface area (Å²) in [6, 6.07) is 12.7. The lowest BCUT2D eigenvalue weighted by Gasteiger charge is -2.12. The van der Waals surface area contributed by atoms with Crippen molar-refractivity contribution in [2.24, 2.45) is 0 Å². The first-order valence-electron chi connectivity index (χ1n) is 11.8. The zero-order chi connectivity index (χ0) is 26.4. The molecule has 4 rings (SSSR count). The molecule has 0 unspecified atom stereocenters. The lowest BCUT2D eigenvalue weighted by atomic mass is 9.95. The number of ether oxygens (including phenoxy) is 2. The fraction of sp³-hybridized carbons (Fsp3) is 0.250. The fourth-order valence-corrected chi connectivity index (χ4v) is 5.51. The molecule has 0 saturated heterocycles. The summed E-state index contributed by atoms with van der Waals surface area (Å²) < 4.78 is 24.3. The molecule has 0 radical (unpaired) electrons. The molecule has 0 atom stereocenters. The molecule has 1 aliphatic rings. The normalized spacial score (nSPS) is 12.9. The average Bonchev–Trinajstić information content (AvgIpc) is 3.25. The molecular formula is C28H24ClFN2O4S. The van der Waals surface area contributed by atoms with Crippen LogP contribution in [-0.2, 0) is 29.0 Å². The van der Waals surface area contributed by atoms with Crippen molar-refractivity contribution in [3.63, 3.8) is 0 Å². The predicted octanol–water partition coefficient (Wildman–Crippen LogP) is 6.72. The Hall–Kier alpha value is -3.67. The largest absolute Gasteiger partial charge is 0.488 e. The molecule has 1 aliphatic carbocycles. The third kappa shape index (κ3) is 6.37. The molecule has 1 amide bonds. The number of thiophene rings is 1. The van der Waals surface area contributed by atoms with Crippen molar-refractivity contribution in [3.05, 3.63) is 86.0 Å². The quantitative estimate of drug-likeness (QED) is 0.195. The molecule has 0 aliphatic heterocycles. The number of anilines is 1. The summed E-state index contributed by atoms with van der Waals surface area (Å²) in [7, 11) is 0. The Morgan fingerprint density at radius 1 is 1.19 bits per heavy atom. The third-order valence-corrected chi connectivity index (χ3v) is 7.26. The Morgan fingerprint density at radius 2 is 1.95 bits per heavy atom. The summed E-state index contributed by atoms with van der Waals surface area (Å²) in [5, 5.41) is 13.3. The Bertz CT molecular complexity index is 1390. The topological polar surface area (TPSA) is 88.4 Å². The zero-order valence-electron chi connectivity index (χ0n) is 20.1. The Morgan fingerprint density at radius 3 is 2.68 bits per heavy atom. The van der Waals surface area contributed by atoms with Gasteiger partial charge in [0, 0.05) is 15.5 Å². The molecule has 3 aromatic rings. The van der Waals surface area contributed by atoms with E-state index in [-0.39, 0.29) is 24.6 Å². The SMILES string of the molecule is CCOC(=O)c1c(NC(=O)C(C#N)=Cc2cc(Cl)ccc2OCc2ccc(F)cc2)sc2c1CCCC2. The van der Waals surface area contributed by atoms with E-state index in [1.165, 1.54) is 29.5 Å². The lowest BCUT2D eigenvalue weighted by molar-refractivity contribution is -0.112. The van der Waals surface area contributed by atoms with Crippen LogP contribution >= 0.6 is 22.9 Å². The molecule has 1 heterocycles. The lowest BCUT2D eigenvalue weighted by Crippen LogP contribution is -2.16. The number of carbonyl (C=O) groups excluding carboxylic acids is 2. The first-order valence-corrected chi connectivity index (χ1v) is 13.0. The van der Waals surface area contributed by atoms with Crippen LogP contribution < -0.4 is 10.1 Å². The van der Waals surface area contributed by atoms with Crippen molar-refractivity contribution in [3.8, 4) is 11.8 Å². The molecule has 37 heavy (non-hydrogen) atoms. The van der Waals surface area contributed by atoms with E-state index in [1.54, 1.807) is 37.3 Å². The number of rotatable bonds is 8. The van der Waals surface area contributed by atoms with Crippen LogP contribution in [0.1, 0.15) is 51.7 Å². The van der Waals surface area contributed by atoms with Gasteiger partial charge in [-0.2, -0.15) is 5.26 Å². The number of nitriles is 1. The molecule has 0 saturated carbocycles. The van der Waals surface area contributed by atoms with Crippen molar-refractivity contribution in [1.82, 2.24) is 0 Å². The van der Waals surface area contributed by atoms with Gasteiger partial charge in [-0.15, -0.1) is 11.3 Å². The van der Waals surface area contributed by atoms with Gasteiger partial charge in [-0.05, 0) is 80.1 Å². The molecule has 1 aromatic heterocycles. The maximum absolute atomic E-state index is 13.2. The monoisotopic (exact) mass is 538 g/mol. The molecule has 0 bridgehead atoms. The van der Waals surface area contributed by atoms with Gasteiger partial charge in [-0.1, -0.05) is 23.7 Å². The maximum Gasteiger partial charge on any atom is 0.341 e. The summed E-state index contributed by atoms with van der Waals surface area (Å²) in [4.78, 5) is 26.9. The number of fused-ring (bicyclic) bond motifs is 1. The number of amides is 1. The van der Waals surface area contributed by atoms with E-state index in [9.17, 15) is 19.2 Å². The van der Waals surface area contributed by atoms with E-state index in [2.05, 4.69) is 5.32 Å². The second-order valence-corrected chi connectivity index (χ2v) is 9.90. The number of nitrogens with one attached hydrogen (secondary N) is 1. The molecule has 0 fully saturated rings. The van der Waals surface area contributed by atoms with Gasteiger partial charge >= 0.3 is 5.97 Å². The zero-order valence-corrected chi connectivity index (χ0v) is 21.7. The van der Waals surface area contributed by atoms with E-state index in [4.69, 9.17) is 21.1 Å². The number of halogens is 2. The second-order valence-electron chi connectivity index (χ2n) is 8.36. The van der Waals surface area contributed by atoms with Gasteiger partial charge < -0.3 is 14.8 Å². The highest BCUT2D eigenvalue weighted by molar-refractivity contribution is 7.17. The van der Waals surface area contributed by atoms with E-state index < -0.39 is 11.9 Å². The number of hydrogen-bond acceptors (Lipinski definition) is 6. The minimum absolute atomic E-state index is 0.153. The van der Waals surface area contributed by atoms with Crippen LogP contribution in [0, 0.1) is 17.1 Å². The van der Waals surface area contributed by atoms with Crippen LogP contribution in [0.15, 0.2) is 48.0 Å². The van der Waals surface area contributed by atoms with Crippen LogP contribution in [-0.4, -0.2) is 18.5 Å². The fourth-order valence-electron chi connectivity index (χ4n) is 4.05.